The lowest BCUT2D eigenvalue weighted by molar-refractivity contribution is 0.219. The molecule has 2 rings (SSSR count). The average Bonchev–Trinajstić information content (AvgIpc) is 2.81. The van der Waals surface area contributed by atoms with Crippen molar-refractivity contribution in [1.29, 1.82) is 0 Å². The summed E-state index contributed by atoms with van der Waals surface area (Å²) in [5.41, 5.74) is -2.90. The fourth-order valence-electron chi connectivity index (χ4n) is 2.76. The minimum absolute atomic E-state index is 0.0405. The molecule has 0 heterocycles. The first kappa shape index (κ1) is 14.8. The van der Waals surface area contributed by atoms with Crippen molar-refractivity contribution in [3.05, 3.63) is 34.9 Å². The monoisotopic (exact) mass is 283 g/mol. The normalized spacial score (nSPS) is 17.9. The first-order valence-electron chi connectivity index (χ1n) is 6.58. The van der Waals surface area contributed by atoms with Crippen LogP contribution < -0.4 is 0 Å². The van der Waals surface area contributed by atoms with Crippen LogP contribution >= 0.6 is 0 Å². The smallest absolute Gasteiger partial charge is 0.235 e. The summed E-state index contributed by atoms with van der Waals surface area (Å²) in [4.78, 5) is 14.4. The van der Waals surface area contributed by atoms with Crippen LogP contribution in [0.15, 0.2) is 17.1 Å². The van der Waals surface area contributed by atoms with Crippen molar-refractivity contribution in [3.63, 3.8) is 0 Å². The number of halogens is 3. The molecule has 0 unspecified atom stereocenters. The Morgan fingerprint density at radius 3 is 2.35 bits per heavy atom. The molecule has 5 heteroatoms. The summed E-state index contributed by atoms with van der Waals surface area (Å²) in [6.45, 7) is 2.54. The maximum absolute atomic E-state index is 14.1. The lowest BCUT2D eigenvalue weighted by Crippen LogP contribution is -2.23. The van der Waals surface area contributed by atoms with Gasteiger partial charge in [0.15, 0.2) is 11.6 Å². The number of benzene rings is 1. The molecular formula is C15H16F3NO. The van der Waals surface area contributed by atoms with Gasteiger partial charge in [-0.3, -0.25) is 0 Å². The molecule has 1 aliphatic carbocycles. The molecule has 20 heavy (non-hydrogen) atoms. The minimum atomic E-state index is -1.80. The number of hydrogen-bond donors (Lipinski definition) is 0. The zero-order valence-electron chi connectivity index (χ0n) is 11.5. The van der Waals surface area contributed by atoms with Gasteiger partial charge in [-0.1, -0.05) is 12.8 Å². The van der Waals surface area contributed by atoms with Crippen molar-refractivity contribution in [2.75, 3.05) is 0 Å². The molecule has 1 fully saturated rings. The molecule has 0 amide bonds. The van der Waals surface area contributed by atoms with Crippen LogP contribution in [0.3, 0.4) is 0 Å². The fraction of sp³-hybridized carbons (Fsp3) is 0.533. The SMILES string of the molecule is CC(C)(F)c1cc(F)c(F)c(C2(N=C=O)CCCC2)c1. The second kappa shape index (κ2) is 5.06. The summed E-state index contributed by atoms with van der Waals surface area (Å²) in [7, 11) is 0. The molecule has 0 spiro atoms. The minimum Gasteiger partial charge on any atom is -0.239 e. The van der Waals surface area contributed by atoms with E-state index in [0.29, 0.717) is 12.8 Å². The Kier molecular flexibility index (Phi) is 3.74. The number of isocyanates is 1. The Labute approximate surface area is 115 Å². The van der Waals surface area contributed by atoms with Crippen LogP contribution in [0.5, 0.6) is 0 Å². The molecule has 1 aromatic carbocycles. The Morgan fingerprint density at radius 1 is 1.25 bits per heavy atom. The highest BCUT2D eigenvalue weighted by atomic mass is 19.2. The fourth-order valence-corrected chi connectivity index (χ4v) is 2.76. The maximum Gasteiger partial charge on any atom is 0.235 e. The van der Waals surface area contributed by atoms with Gasteiger partial charge in [0.1, 0.15) is 11.2 Å². The zero-order chi connectivity index (χ0) is 15.0. The van der Waals surface area contributed by atoms with Crippen LogP contribution in [0.4, 0.5) is 13.2 Å². The van der Waals surface area contributed by atoms with Crippen molar-refractivity contribution in [2.45, 2.75) is 50.7 Å². The molecular weight excluding hydrogens is 267 g/mol. The van der Waals surface area contributed by atoms with Gasteiger partial charge in [0, 0.05) is 5.56 Å². The first-order chi connectivity index (χ1) is 9.30. The summed E-state index contributed by atoms with van der Waals surface area (Å²) in [6, 6.07) is 2.14. The summed E-state index contributed by atoms with van der Waals surface area (Å²) in [5.74, 6) is -2.17. The molecule has 0 aliphatic heterocycles. The average molecular weight is 283 g/mol. The van der Waals surface area contributed by atoms with Crippen molar-refractivity contribution in [1.82, 2.24) is 0 Å². The molecule has 0 radical (unpaired) electrons. The van der Waals surface area contributed by atoms with Gasteiger partial charge in [0.2, 0.25) is 6.08 Å². The second-order valence-electron chi connectivity index (χ2n) is 5.73. The lowest BCUT2D eigenvalue weighted by atomic mass is 9.85. The van der Waals surface area contributed by atoms with Gasteiger partial charge in [-0.15, -0.1) is 0 Å². The maximum atomic E-state index is 14.1. The Balaban J connectivity index is 2.66. The molecule has 1 aliphatic rings. The van der Waals surface area contributed by atoms with Crippen LogP contribution in [-0.2, 0) is 16.0 Å². The van der Waals surface area contributed by atoms with E-state index in [-0.39, 0.29) is 11.1 Å². The molecule has 0 saturated heterocycles. The summed E-state index contributed by atoms with van der Waals surface area (Å²) >= 11 is 0. The van der Waals surface area contributed by atoms with E-state index in [4.69, 9.17) is 0 Å². The van der Waals surface area contributed by atoms with E-state index in [0.717, 1.165) is 18.9 Å². The third-order valence-corrected chi connectivity index (χ3v) is 3.91. The first-order valence-corrected chi connectivity index (χ1v) is 6.58. The van der Waals surface area contributed by atoms with Gasteiger partial charge in [-0.05, 0) is 44.4 Å². The van der Waals surface area contributed by atoms with Crippen LogP contribution in [0.2, 0.25) is 0 Å². The highest BCUT2D eigenvalue weighted by molar-refractivity contribution is 5.41. The predicted octanol–water partition coefficient (Wildman–Crippen LogP) is 4.27. The van der Waals surface area contributed by atoms with E-state index in [1.165, 1.54) is 26.0 Å². The highest BCUT2D eigenvalue weighted by Crippen LogP contribution is 2.44. The van der Waals surface area contributed by atoms with E-state index in [1.807, 2.05) is 0 Å². The summed E-state index contributed by atoms with van der Waals surface area (Å²) in [5, 5.41) is 0. The lowest BCUT2D eigenvalue weighted by Gasteiger charge is -2.26. The molecule has 0 aromatic heterocycles. The topological polar surface area (TPSA) is 29.4 Å². The molecule has 0 bridgehead atoms. The quantitative estimate of drug-likeness (QED) is 0.601. The Bertz CT molecular complexity index is 565. The van der Waals surface area contributed by atoms with Crippen molar-refractivity contribution in [2.24, 2.45) is 4.99 Å². The van der Waals surface area contributed by atoms with E-state index >= 15 is 0 Å². The van der Waals surface area contributed by atoms with Crippen LogP contribution in [-0.4, -0.2) is 6.08 Å². The number of hydrogen-bond acceptors (Lipinski definition) is 2. The van der Waals surface area contributed by atoms with Gasteiger partial charge >= 0.3 is 0 Å². The van der Waals surface area contributed by atoms with E-state index in [1.54, 1.807) is 0 Å². The van der Waals surface area contributed by atoms with Crippen molar-refractivity contribution >= 4 is 6.08 Å². The van der Waals surface area contributed by atoms with Gasteiger partial charge in [-0.2, -0.15) is 4.99 Å². The molecule has 0 N–H and O–H groups in total. The number of nitrogens with zero attached hydrogens (tertiary/aromatic N) is 1. The number of aliphatic imine (C=N–C) groups is 1. The molecule has 2 nitrogen and oxygen atoms in total. The van der Waals surface area contributed by atoms with Crippen LogP contribution in [0.25, 0.3) is 0 Å². The van der Waals surface area contributed by atoms with Gasteiger partial charge in [0.25, 0.3) is 0 Å². The standard InChI is InChI=1S/C15H16F3NO/c1-14(2,18)10-7-11(13(17)12(16)8-10)15(19-9-20)5-3-4-6-15/h7-8H,3-6H2,1-2H3. The van der Waals surface area contributed by atoms with E-state index < -0.39 is 22.8 Å². The van der Waals surface area contributed by atoms with Gasteiger partial charge in [-0.25, -0.2) is 18.0 Å². The molecule has 1 aromatic rings. The highest BCUT2D eigenvalue weighted by Gasteiger charge is 2.40. The number of carbonyl (C=O) groups excluding carboxylic acids is 1. The zero-order valence-corrected chi connectivity index (χ0v) is 11.5. The van der Waals surface area contributed by atoms with E-state index in [2.05, 4.69) is 4.99 Å². The molecule has 108 valence electrons. The van der Waals surface area contributed by atoms with Gasteiger partial charge in [0.05, 0.1) is 0 Å². The van der Waals surface area contributed by atoms with Crippen molar-refractivity contribution in [3.8, 4) is 0 Å². The summed E-state index contributed by atoms with van der Waals surface area (Å²) in [6.07, 6.45) is 3.84. The molecule has 1 saturated carbocycles. The van der Waals surface area contributed by atoms with Crippen molar-refractivity contribution < 1.29 is 18.0 Å². The predicted molar refractivity (Wildman–Crippen MR) is 68.8 cm³/mol. The summed E-state index contributed by atoms with van der Waals surface area (Å²) < 4.78 is 41.9. The Morgan fingerprint density at radius 2 is 1.85 bits per heavy atom. The second-order valence-corrected chi connectivity index (χ2v) is 5.73. The van der Waals surface area contributed by atoms with Crippen LogP contribution in [0.1, 0.15) is 50.7 Å². The third kappa shape index (κ3) is 2.50. The third-order valence-electron chi connectivity index (χ3n) is 3.91. The number of rotatable bonds is 3. The van der Waals surface area contributed by atoms with E-state index in [9.17, 15) is 18.0 Å². The number of alkyl halides is 1. The largest absolute Gasteiger partial charge is 0.239 e. The van der Waals surface area contributed by atoms with Gasteiger partial charge < -0.3 is 0 Å². The van der Waals surface area contributed by atoms with Crippen LogP contribution in [0, 0.1) is 11.6 Å². The molecule has 0 atom stereocenters. The Hall–Kier alpha value is -1.61.